The van der Waals surface area contributed by atoms with E-state index >= 15 is 0 Å². The van der Waals surface area contributed by atoms with Gasteiger partial charge in [-0.15, -0.1) is 23.5 Å². The molecule has 0 amide bonds. The summed E-state index contributed by atoms with van der Waals surface area (Å²) < 4.78 is 0. The van der Waals surface area contributed by atoms with Crippen LogP contribution >= 0.6 is 46.7 Å². The van der Waals surface area contributed by atoms with E-state index in [1.54, 1.807) is 23.5 Å². The summed E-state index contributed by atoms with van der Waals surface area (Å²) in [7, 11) is 0. The quantitative estimate of drug-likeness (QED) is 0.611. The summed E-state index contributed by atoms with van der Waals surface area (Å²) in [6.07, 6.45) is 0. The maximum absolute atomic E-state index is 5.84. The van der Waals surface area contributed by atoms with Crippen LogP contribution in [0.15, 0.2) is 19.9 Å². The fourth-order valence-electron chi connectivity index (χ4n) is 0.588. The molecule has 0 spiro atoms. The lowest BCUT2D eigenvalue weighted by Crippen LogP contribution is -1.85. The SMILES string of the molecule is C/C(Cl)=C(/C)SCCS/C(C)=C(\C)Cl. The number of hydrogen-bond donors (Lipinski definition) is 0. The predicted octanol–water partition coefficient (Wildman–Crippen LogP) is 5.43. The Labute approximate surface area is 105 Å². The standard InChI is InChI=1S/C10H16Cl2S2/c1-7(11)9(3)13-5-6-14-10(4)8(2)12/h5-6H2,1-4H3/b9-7+,10-8+. The predicted molar refractivity (Wildman–Crippen MR) is 73.4 cm³/mol. The van der Waals surface area contributed by atoms with Gasteiger partial charge in [-0.2, -0.15) is 0 Å². The lowest BCUT2D eigenvalue weighted by Gasteiger charge is -2.03. The number of allylic oxidation sites excluding steroid dienone is 4. The van der Waals surface area contributed by atoms with Crippen LogP contribution in [0.25, 0.3) is 0 Å². The zero-order valence-electron chi connectivity index (χ0n) is 8.99. The highest BCUT2D eigenvalue weighted by molar-refractivity contribution is 8.06. The average Bonchev–Trinajstić information content (AvgIpc) is 2.11. The molecule has 0 aromatic carbocycles. The first-order valence-corrected chi connectivity index (χ1v) is 7.09. The van der Waals surface area contributed by atoms with Crippen molar-refractivity contribution in [2.75, 3.05) is 11.5 Å². The Hall–Kier alpha value is 0.760. The maximum Gasteiger partial charge on any atom is 0.0242 e. The molecule has 0 fully saturated rings. The molecule has 0 unspecified atom stereocenters. The smallest absolute Gasteiger partial charge is 0.0242 e. The van der Waals surface area contributed by atoms with Crippen LogP contribution in [-0.2, 0) is 0 Å². The second kappa shape index (κ2) is 7.98. The van der Waals surface area contributed by atoms with Crippen molar-refractivity contribution in [1.29, 1.82) is 0 Å². The van der Waals surface area contributed by atoms with Gasteiger partial charge in [0.25, 0.3) is 0 Å². The zero-order chi connectivity index (χ0) is 11.1. The summed E-state index contributed by atoms with van der Waals surface area (Å²) >= 11 is 15.3. The third-order valence-electron chi connectivity index (χ3n) is 1.69. The minimum atomic E-state index is 0.890. The Kier molecular flexibility index (Phi) is 8.41. The number of halogens is 2. The molecule has 0 radical (unpaired) electrons. The number of rotatable bonds is 5. The lowest BCUT2D eigenvalue weighted by atomic mass is 10.6. The van der Waals surface area contributed by atoms with Gasteiger partial charge in [-0.25, -0.2) is 0 Å². The Morgan fingerprint density at radius 3 is 1.29 bits per heavy atom. The highest BCUT2D eigenvalue weighted by atomic mass is 35.5. The summed E-state index contributed by atoms with van der Waals surface area (Å²) in [5.41, 5.74) is 0. The monoisotopic (exact) mass is 270 g/mol. The first kappa shape index (κ1) is 14.8. The summed E-state index contributed by atoms with van der Waals surface area (Å²) in [4.78, 5) is 2.41. The van der Waals surface area contributed by atoms with E-state index in [9.17, 15) is 0 Å². The molecule has 0 saturated carbocycles. The molecule has 14 heavy (non-hydrogen) atoms. The summed E-state index contributed by atoms with van der Waals surface area (Å²) in [5, 5.41) is 1.78. The van der Waals surface area contributed by atoms with Gasteiger partial charge in [0.1, 0.15) is 0 Å². The highest BCUT2D eigenvalue weighted by Gasteiger charge is 1.98. The molecule has 0 atom stereocenters. The molecule has 0 rings (SSSR count). The van der Waals surface area contributed by atoms with E-state index < -0.39 is 0 Å². The summed E-state index contributed by atoms with van der Waals surface area (Å²) in [6, 6.07) is 0. The topological polar surface area (TPSA) is 0 Å². The van der Waals surface area contributed by atoms with Gasteiger partial charge in [-0.3, -0.25) is 0 Å². The molecule has 0 bridgehead atoms. The van der Waals surface area contributed by atoms with Crippen molar-refractivity contribution in [3.05, 3.63) is 19.9 Å². The zero-order valence-corrected chi connectivity index (χ0v) is 12.1. The molecule has 0 saturated heterocycles. The van der Waals surface area contributed by atoms with E-state index in [4.69, 9.17) is 23.2 Å². The van der Waals surface area contributed by atoms with E-state index in [0.29, 0.717) is 0 Å². The molecular weight excluding hydrogens is 255 g/mol. The molecule has 4 heteroatoms. The van der Waals surface area contributed by atoms with Crippen LogP contribution < -0.4 is 0 Å². The van der Waals surface area contributed by atoms with Gasteiger partial charge in [0.15, 0.2) is 0 Å². The third-order valence-corrected chi connectivity index (χ3v) is 5.04. The molecule has 0 aromatic heterocycles. The Morgan fingerprint density at radius 2 is 1.07 bits per heavy atom. The minimum absolute atomic E-state index is 0.890. The number of hydrogen-bond acceptors (Lipinski definition) is 2. The first-order valence-electron chi connectivity index (χ1n) is 4.36. The van der Waals surface area contributed by atoms with E-state index in [-0.39, 0.29) is 0 Å². The van der Waals surface area contributed by atoms with Crippen molar-refractivity contribution < 1.29 is 0 Å². The van der Waals surface area contributed by atoms with Crippen molar-refractivity contribution >= 4 is 46.7 Å². The molecule has 0 heterocycles. The van der Waals surface area contributed by atoms with Crippen molar-refractivity contribution in [3.8, 4) is 0 Å². The normalized spacial score (nSPS) is 15.0. The van der Waals surface area contributed by atoms with Gasteiger partial charge >= 0.3 is 0 Å². The van der Waals surface area contributed by atoms with Gasteiger partial charge in [0.05, 0.1) is 0 Å². The van der Waals surface area contributed by atoms with Crippen LogP contribution in [0, 0.1) is 0 Å². The van der Waals surface area contributed by atoms with Crippen molar-refractivity contribution in [3.63, 3.8) is 0 Å². The van der Waals surface area contributed by atoms with E-state index in [1.807, 2.05) is 27.7 Å². The van der Waals surface area contributed by atoms with Gasteiger partial charge < -0.3 is 0 Å². The second-order valence-corrected chi connectivity index (χ2v) is 6.63. The van der Waals surface area contributed by atoms with Crippen LogP contribution in [0.1, 0.15) is 27.7 Å². The van der Waals surface area contributed by atoms with Crippen LogP contribution in [0.3, 0.4) is 0 Å². The van der Waals surface area contributed by atoms with Gasteiger partial charge in [-0.05, 0) is 37.5 Å². The van der Waals surface area contributed by atoms with E-state index in [0.717, 1.165) is 21.6 Å². The minimum Gasteiger partial charge on any atom is -0.129 e. The number of thioether (sulfide) groups is 2. The van der Waals surface area contributed by atoms with E-state index in [2.05, 4.69) is 0 Å². The first-order chi connectivity index (χ1) is 6.45. The fraction of sp³-hybridized carbons (Fsp3) is 0.600. The van der Waals surface area contributed by atoms with Crippen LogP contribution in [-0.4, -0.2) is 11.5 Å². The summed E-state index contributed by atoms with van der Waals surface area (Å²) in [6.45, 7) is 7.94. The van der Waals surface area contributed by atoms with Crippen molar-refractivity contribution in [2.45, 2.75) is 27.7 Å². The molecule has 0 aliphatic carbocycles. The molecular formula is C10H16Cl2S2. The molecule has 0 aliphatic rings. The molecule has 0 N–H and O–H groups in total. The second-order valence-electron chi connectivity index (χ2n) is 2.88. The molecule has 0 nitrogen and oxygen atoms in total. The average molecular weight is 271 g/mol. The van der Waals surface area contributed by atoms with Crippen LogP contribution in [0.5, 0.6) is 0 Å². The lowest BCUT2D eigenvalue weighted by molar-refractivity contribution is 1.49. The van der Waals surface area contributed by atoms with Gasteiger partial charge in [0.2, 0.25) is 0 Å². The maximum atomic E-state index is 5.84. The molecule has 0 aliphatic heterocycles. The van der Waals surface area contributed by atoms with E-state index in [1.165, 1.54) is 9.81 Å². The van der Waals surface area contributed by atoms with Crippen LogP contribution in [0.4, 0.5) is 0 Å². The highest BCUT2D eigenvalue weighted by Crippen LogP contribution is 2.26. The Bertz CT molecular complexity index is 211. The Morgan fingerprint density at radius 1 is 0.786 bits per heavy atom. The van der Waals surface area contributed by atoms with Crippen molar-refractivity contribution in [1.82, 2.24) is 0 Å². The summed E-state index contributed by atoms with van der Waals surface area (Å²) in [5.74, 6) is 2.14. The Balaban J connectivity index is 3.69. The van der Waals surface area contributed by atoms with Gasteiger partial charge in [-0.1, -0.05) is 23.2 Å². The third kappa shape index (κ3) is 7.10. The fourth-order valence-corrected chi connectivity index (χ4v) is 2.59. The largest absolute Gasteiger partial charge is 0.129 e. The van der Waals surface area contributed by atoms with Gasteiger partial charge in [0, 0.05) is 21.6 Å². The molecule has 0 aromatic rings. The van der Waals surface area contributed by atoms with Crippen molar-refractivity contribution in [2.24, 2.45) is 0 Å². The molecule has 82 valence electrons. The van der Waals surface area contributed by atoms with Crippen LogP contribution in [0.2, 0.25) is 0 Å².